The molecule has 17 heavy (non-hydrogen) atoms. The first kappa shape index (κ1) is 14.3. The molecule has 0 radical (unpaired) electrons. The maximum Gasteiger partial charge on any atom is 0.304 e. The first-order valence-corrected chi connectivity index (χ1v) is 5.23. The smallest absolute Gasteiger partial charge is 0.304 e. The van der Waals surface area contributed by atoms with Crippen molar-refractivity contribution in [1.29, 1.82) is 0 Å². The van der Waals surface area contributed by atoms with Crippen molar-refractivity contribution in [2.24, 2.45) is 0 Å². The predicted octanol–water partition coefficient (Wildman–Crippen LogP) is -3.15. The minimum Gasteiger partial charge on any atom is -0.481 e. The number of nitrogens with one attached hydrogen (secondary N) is 1. The monoisotopic (exact) mass is 251 g/mol. The second-order valence-electron chi connectivity index (χ2n) is 3.85. The Morgan fingerprint density at radius 3 is 2.35 bits per heavy atom. The van der Waals surface area contributed by atoms with Crippen molar-refractivity contribution >= 4 is 5.97 Å². The molecule has 8 nitrogen and oxygen atoms in total. The molecule has 0 unspecified atom stereocenters. The summed E-state index contributed by atoms with van der Waals surface area (Å²) < 4.78 is 5.10. The third kappa shape index (κ3) is 3.60. The molecule has 5 atom stereocenters. The molecule has 0 aliphatic carbocycles. The Hall–Kier alpha value is -0.770. The molecule has 0 amide bonds. The third-order valence-corrected chi connectivity index (χ3v) is 2.58. The molecule has 0 aromatic rings. The quantitative estimate of drug-likeness (QED) is 0.301. The van der Waals surface area contributed by atoms with Crippen LogP contribution >= 0.6 is 0 Å². The Balaban J connectivity index is 2.50. The van der Waals surface area contributed by atoms with Crippen LogP contribution in [0.2, 0.25) is 0 Å². The maximum atomic E-state index is 10.3. The van der Waals surface area contributed by atoms with Gasteiger partial charge < -0.3 is 30.3 Å². The Morgan fingerprint density at radius 1 is 1.18 bits per heavy atom. The zero-order valence-electron chi connectivity index (χ0n) is 9.06. The van der Waals surface area contributed by atoms with Crippen LogP contribution in [0.3, 0.4) is 0 Å². The van der Waals surface area contributed by atoms with Gasteiger partial charge >= 0.3 is 5.97 Å². The average Bonchev–Trinajstić information content (AvgIpc) is 2.29. The SMILES string of the molecule is O=C(O)CCN[C@H]1O[C@H](CO)[C@@H](O)[C@H](O)[C@H]1O. The topological polar surface area (TPSA) is 139 Å². The molecule has 1 rings (SSSR count). The summed E-state index contributed by atoms with van der Waals surface area (Å²) in [6, 6.07) is 0. The van der Waals surface area contributed by atoms with Crippen molar-refractivity contribution in [3.05, 3.63) is 0 Å². The zero-order valence-corrected chi connectivity index (χ0v) is 9.06. The highest BCUT2D eigenvalue weighted by Crippen LogP contribution is 2.19. The summed E-state index contributed by atoms with van der Waals surface area (Å²) in [5.74, 6) is -1.01. The Kier molecular flexibility index (Phi) is 5.25. The van der Waals surface area contributed by atoms with Gasteiger partial charge in [-0.05, 0) is 0 Å². The van der Waals surface area contributed by atoms with Gasteiger partial charge in [-0.1, -0.05) is 0 Å². The highest BCUT2D eigenvalue weighted by Gasteiger charge is 2.43. The summed E-state index contributed by atoms with van der Waals surface area (Å²) in [5.41, 5.74) is 0. The second kappa shape index (κ2) is 6.24. The molecule has 100 valence electrons. The molecular weight excluding hydrogens is 234 g/mol. The number of hydrogen-bond acceptors (Lipinski definition) is 7. The summed E-state index contributed by atoms with van der Waals surface area (Å²) in [7, 11) is 0. The van der Waals surface area contributed by atoms with Gasteiger partial charge in [0.1, 0.15) is 30.6 Å². The molecule has 1 fully saturated rings. The van der Waals surface area contributed by atoms with E-state index >= 15 is 0 Å². The van der Waals surface area contributed by atoms with E-state index in [-0.39, 0.29) is 13.0 Å². The molecular formula is C9H17NO7. The van der Waals surface area contributed by atoms with Crippen molar-refractivity contribution in [3.63, 3.8) is 0 Å². The number of aliphatic hydroxyl groups is 4. The van der Waals surface area contributed by atoms with Crippen LogP contribution in [-0.2, 0) is 9.53 Å². The van der Waals surface area contributed by atoms with E-state index in [2.05, 4.69) is 5.32 Å². The predicted molar refractivity (Wildman–Crippen MR) is 54.0 cm³/mol. The average molecular weight is 251 g/mol. The van der Waals surface area contributed by atoms with Crippen molar-refractivity contribution in [1.82, 2.24) is 5.32 Å². The lowest BCUT2D eigenvalue weighted by Gasteiger charge is -2.40. The van der Waals surface area contributed by atoms with E-state index in [1.807, 2.05) is 0 Å². The molecule has 1 heterocycles. The van der Waals surface area contributed by atoms with Crippen molar-refractivity contribution in [3.8, 4) is 0 Å². The van der Waals surface area contributed by atoms with Crippen LogP contribution in [0, 0.1) is 0 Å². The van der Waals surface area contributed by atoms with E-state index in [1.54, 1.807) is 0 Å². The summed E-state index contributed by atoms with van der Waals surface area (Å²) in [5, 5.41) is 48.4. The summed E-state index contributed by atoms with van der Waals surface area (Å²) in [4.78, 5) is 10.3. The van der Waals surface area contributed by atoms with Crippen LogP contribution in [0.4, 0.5) is 0 Å². The normalized spacial score (nSPS) is 38.0. The molecule has 1 aliphatic rings. The second-order valence-corrected chi connectivity index (χ2v) is 3.85. The van der Waals surface area contributed by atoms with E-state index in [0.717, 1.165) is 0 Å². The fourth-order valence-corrected chi connectivity index (χ4v) is 1.59. The number of hydrogen-bond donors (Lipinski definition) is 6. The lowest BCUT2D eigenvalue weighted by Crippen LogP contribution is -2.62. The maximum absolute atomic E-state index is 10.3. The molecule has 1 aliphatic heterocycles. The van der Waals surface area contributed by atoms with Gasteiger partial charge in [-0.3, -0.25) is 10.1 Å². The first-order valence-electron chi connectivity index (χ1n) is 5.23. The van der Waals surface area contributed by atoms with E-state index in [0.29, 0.717) is 0 Å². The summed E-state index contributed by atoms with van der Waals surface area (Å²) >= 11 is 0. The summed E-state index contributed by atoms with van der Waals surface area (Å²) in [6.45, 7) is -0.472. The Morgan fingerprint density at radius 2 is 1.82 bits per heavy atom. The Labute approximate surface area is 97.4 Å². The van der Waals surface area contributed by atoms with Gasteiger partial charge in [0.25, 0.3) is 0 Å². The third-order valence-electron chi connectivity index (χ3n) is 2.58. The van der Waals surface area contributed by atoms with Crippen LogP contribution < -0.4 is 5.32 Å². The first-order chi connectivity index (χ1) is 7.97. The number of aliphatic carboxylic acids is 1. The summed E-state index contributed by atoms with van der Waals surface area (Å²) in [6.07, 6.45) is -6.44. The van der Waals surface area contributed by atoms with E-state index in [1.165, 1.54) is 0 Å². The van der Waals surface area contributed by atoms with Gasteiger partial charge in [0.05, 0.1) is 13.0 Å². The minimum atomic E-state index is -1.46. The van der Waals surface area contributed by atoms with E-state index < -0.39 is 43.2 Å². The highest BCUT2D eigenvalue weighted by molar-refractivity contribution is 5.66. The number of aliphatic hydroxyl groups excluding tert-OH is 4. The number of ether oxygens (including phenoxy) is 1. The number of carboxylic acid groups (broad SMARTS) is 1. The molecule has 0 saturated carbocycles. The molecule has 0 spiro atoms. The lowest BCUT2D eigenvalue weighted by molar-refractivity contribution is -0.236. The van der Waals surface area contributed by atoms with Crippen LogP contribution in [0.1, 0.15) is 6.42 Å². The zero-order chi connectivity index (χ0) is 13.0. The fraction of sp³-hybridized carbons (Fsp3) is 0.889. The van der Waals surface area contributed by atoms with E-state index in [4.69, 9.17) is 14.9 Å². The van der Waals surface area contributed by atoms with Crippen molar-refractivity contribution in [2.45, 2.75) is 37.1 Å². The largest absolute Gasteiger partial charge is 0.481 e. The highest BCUT2D eigenvalue weighted by atomic mass is 16.6. The van der Waals surface area contributed by atoms with Gasteiger partial charge in [0.2, 0.25) is 0 Å². The van der Waals surface area contributed by atoms with Gasteiger partial charge in [-0.15, -0.1) is 0 Å². The van der Waals surface area contributed by atoms with Gasteiger partial charge in [-0.2, -0.15) is 0 Å². The van der Waals surface area contributed by atoms with Crippen LogP contribution in [0.5, 0.6) is 0 Å². The van der Waals surface area contributed by atoms with Crippen LogP contribution in [-0.4, -0.2) is 75.3 Å². The molecule has 1 saturated heterocycles. The number of carboxylic acids is 1. The number of rotatable bonds is 5. The molecule has 6 N–H and O–H groups in total. The van der Waals surface area contributed by atoms with E-state index in [9.17, 15) is 20.1 Å². The van der Waals surface area contributed by atoms with Gasteiger partial charge in [-0.25, -0.2) is 0 Å². The number of carbonyl (C=O) groups is 1. The molecule has 0 aromatic heterocycles. The van der Waals surface area contributed by atoms with Crippen LogP contribution in [0.25, 0.3) is 0 Å². The minimum absolute atomic E-state index is 0.0397. The molecule has 0 aromatic carbocycles. The van der Waals surface area contributed by atoms with Gasteiger partial charge in [0, 0.05) is 6.54 Å². The van der Waals surface area contributed by atoms with Gasteiger partial charge in [0.15, 0.2) is 0 Å². The Bertz CT molecular complexity index is 260. The molecule has 0 bridgehead atoms. The lowest BCUT2D eigenvalue weighted by atomic mass is 9.98. The van der Waals surface area contributed by atoms with Crippen molar-refractivity contribution in [2.75, 3.05) is 13.2 Å². The standard InChI is InChI=1S/C9H17NO7/c11-3-4-6(14)7(15)8(16)9(17-4)10-2-1-5(12)13/h4,6-11,14-16H,1-3H2,(H,12,13)/t4-,6-,7+,8-,9+/m1/s1. The fourth-order valence-electron chi connectivity index (χ4n) is 1.59. The van der Waals surface area contributed by atoms with Crippen LogP contribution in [0.15, 0.2) is 0 Å². The molecule has 8 heteroatoms. The van der Waals surface area contributed by atoms with Crippen molar-refractivity contribution < 1.29 is 35.1 Å².